The topological polar surface area (TPSA) is 63.6 Å². The van der Waals surface area contributed by atoms with Gasteiger partial charge >= 0.3 is 5.97 Å². The Kier molecular flexibility index (Phi) is 5.86. The predicted molar refractivity (Wildman–Crippen MR) is 66.1 cm³/mol. The van der Waals surface area contributed by atoms with Crippen LogP contribution in [0.25, 0.3) is 0 Å². The van der Waals surface area contributed by atoms with Crippen molar-refractivity contribution in [3.8, 4) is 0 Å². The first-order valence-corrected chi connectivity index (χ1v) is 6.09. The average molecular weight is 301 g/mol. The maximum Gasteiger partial charge on any atom is 0.327 e. The molecule has 0 saturated heterocycles. The third kappa shape index (κ3) is 4.28. The molecule has 1 aromatic carbocycles. The number of hydrogen-bond donors (Lipinski definition) is 1. The maximum atomic E-state index is 11.8. The molecule has 92 valence electrons. The largest absolute Gasteiger partial charge is 0.464 e. The summed E-state index contributed by atoms with van der Waals surface area (Å²) in [5.41, 5.74) is 0.452. The van der Waals surface area contributed by atoms with Gasteiger partial charge < -0.3 is 9.84 Å². The zero-order valence-electron chi connectivity index (χ0n) is 9.14. The summed E-state index contributed by atoms with van der Waals surface area (Å²) in [4.78, 5) is 22.3. The molecule has 1 unspecified atom stereocenters. The number of carbonyl (C=O) groups excluding carboxylic acids is 2. The number of carbonyl (C=O) groups is 2. The first-order chi connectivity index (χ1) is 8.16. The molecule has 4 nitrogen and oxygen atoms in total. The van der Waals surface area contributed by atoms with E-state index in [0.29, 0.717) is 12.0 Å². The fourth-order valence-corrected chi connectivity index (χ4v) is 1.56. The van der Waals surface area contributed by atoms with Gasteiger partial charge in [0.1, 0.15) is 0 Å². The number of esters is 1. The van der Waals surface area contributed by atoms with Gasteiger partial charge in [0, 0.05) is 18.6 Å². The Morgan fingerprint density at radius 2 is 1.94 bits per heavy atom. The van der Waals surface area contributed by atoms with E-state index in [1.807, 2.05) is 0 Å². The number of aliphatic hydroxyl groups excluding tert-OH is 1. The second-order valence-electron chi connectivity index (χ2n) is 3.34. The van der Waals surface area contributed by atoms with Gasteiger partial charge in [0.25, 0.3) is 0 Å². The third-order valence-electron chi connectivity index (χ3n) is 2.04. The Bertz CT molecular complexity index is 377. The van der Waals surface area contributed by atoms with Crippen LogP contribution in [0, 0.1) is 0 Å². The smallest absolute Gasteiger partial charge is 0.327 e. The Morgan fingerprint density at radius 3 is 2.53 bits per heavy atom. The van der Waals surface area contributed by atoms with E-state index in [2.05, 4.69) is 15.9 Å². The quantitative estimate of drug-likeness (QED) is 0.285. The number of alkyl halides is 1. The van der Waals surface area contributed by atoms with Crippen molar-refractivity contribution in [1.82, 2.24) is 0 Å². The molecule has 0 amide bonds. The third-order valence-corrected chi connectivity index (χ3v) is 2.83. The monoisotopic (exact) mass is 300 g/mol. The summed E-state index contributed by atoms with van der Waals surface area (Å²) >= 11 is 3.01. The summed E-state index contributed by atoms with van der Waals surface area (Å²) in [5, 5.41) is 8.53. The zero-order valence-corrected chi connectivity index (χ0v) is 10.7. The Labute approximate surface area is 108 Å². The molecule has 0 bridgehead atoms. The highest BCUT2D eigenvalue weighted by Crippen LogP contribution is 2.11. The van der Waals surface area contributed by atoms with Crippen LogP contribution in [-0.4, -0.2) is 34.9 Å². The molecular weight excluding hydrogens is 288 g/mol. The Hall–Kier alpha value is -1.20. The summed E-state index contributed by atoms with van der Waals surface area (Å²) in [6.45, 7) is 0.0619. The van der Waals surface area contributed by atoms with Gasteiger partial charge in [-0.15, -0.1) is 0 Å². The van der Waals surface area contributed by atoms with Crippen molar-refractivity contribution in [3.63, 3.8) is 0 Å². The highest BCUT2D eigenvalue weighted by molar-refractivity contribution is 9.10. The van der Waals surface area contributed by atoms with Crippen molar-refractivity contribution >= 4 is 27.7 Å². The minimum atomic E-state index is -0.997. The number of hydrogen-bond acceptors (Lipinski definition) is 4. The van der Waals surface area contributed by atoms with Crippen LogP contribution in [0.15, 0.2) is 30.3 Å². The van der Waals surface area contributed by atoms with Crippen LogP contribution >= 0.6 is 15.9 Å². The first kappa shape index (κ1) is 13.9. The number of ketones is 1. The number of aliphatic hydroxyl groups is 1. The van der Waals surface area contributed by atoms with Gasteiger partial charge in [0.05, 0.1) is 6.61 Å². The number of benzene rings is 1. The molecule has 5 heteroatoms. The van der Waals surface area contributed by atoms with Crippen LogP contribution < -0.4 is 0 Å². The molecule has 1 aromatic rings. The molecule has 0 aliphatic rings. The zero-order chi connectivity index (χ0) is 12.7. The van der Waals surface area contributed by atoms with E-state index in [1.165, 1.54) is 0 Å². The van der Waals surface area contributed by atoms with Gasteiger partial charge in [-0.25, -0.2) is 0 Å². The summed E-state index contributed by atoms with van der Waals surface area (Å²) in [6.07, 6.45) is 0.366. The fraction of sp³-hybridized carbons (Fsp3) is 0.333. The van der Waals surface area contributed by atoms with Crippen LogP contribution in [0.5, 0.6) is 0 Å². The minimum Gasteiger partial charge on any atom is -0.464 e. The lowest BCUT2D eigenvalue weighted by atomic mass is 10.1. The van der Waals surface area contributed by atoms with Crippen LogP contribution in [0.3, 0.4) is 0 Å². The highest BCUT2D eigenvalue weighted by Gasteiger charge is 2.25. The van der Waals surface area contributed by atoms with E-state index >= 15 is 0 Å². The van der Waals surface area contributed by atoms with Crippen molar-refractivity contribution in [3.05, 3.63) is 35.9 Å². The standard InChI is InChI=1S/C12H13BrO4/c13-10(12(16)17-8-4-7-14)11(15)9-5-2-1-3-6-9/h1-3,5-6,10,14H,4,7-8H2. The number of ether oxygens (including phenoxy) is 1. The molecule has 0 radical (unpaired) electrons. The average Bonchev–Trinajstić information content (AvgIpc) is 2.38. The van der Waals surface area contributed by atoms with Crippen molar-refractivity contribution < 1.29 is 19.4 Å². The van der Waals surface area contributed by atoms with Gasteiger partial charge in [0.15, 0.2) is 10.6 Å². The molecule has 0 heterocycles. The van der Waals surface area contributed by atoms with Crippen molar-refractivity contribution in [1.29, 1.82) is 0 Å². The predicted octanol–water partition coefficient (Wildman–Crippen LogP) is 1.56. The lowest BCUT2D eigenvalue weighted by Gasteiger charge is -2.08. The molecule has 1 atom stereocenters. The van der Waals surface area contributed by atoms with Crippen LogP contribution in [0.1, 0.15) is 16.8 Å². The summed E-state index contributed by atoms with van der Waals surface area (Å²) in [5.74, 6) is -0.966. The van der Waals surface area contributed by atoms with Crippen molar-refractivity contribution in [2.24, 2.45) is 0 Å². The normalized spacial score (nSPS) is 11.9. The molecule has 0 spiro atoms. The Morgan fingerprint density at radius 1 is 1.29 bits per heavy atom. The molecule has 0 aromatic heterocycles. The van der Waals surface area contributed by atoms with Gasteiger partial charge in [-0.1, -0.05) is 46.3 Å². The van der Waals surface area contributed by atoms with E-state index < -0.39 is 10.8 Å². The van der Waals surface area contributed by atoms with E-state index in [4.69, 9.17) is 9.84 Å². The van der Waals surface area contributed by atoms with Crippen LogP contribution in [0.4, 0.5) is 0 Å². The highest BCUT2D eigenvalue weighted by atomic mass is 79.9. The van der Waals surface area contributed by atoms with Gasteiger partial charge in [0.2, 0.25) is 0 Å². The van der Waals surface area contributed by atoms with Gasteiger partial charge in [-0.05, 0) is 0 Å². The molecule has 0 aliphatic heterocycles. The van der Waals surface area contributed by atoms with Crippen LogP contribution in [0.2, 0.25) is 0 Å². The minimum absolute atomic E-state index is 0.0487. The van der Waals surface area contributed by atoms with E-state index in [0.717, 1.165) is 0 Å². The summed E-state index contributed by atoms with van der Waals surface area (Å²) in [7, 11) is 0. The molecule has 1 N–H and O–H groups in total. The molecule has 0 saturated carbocycles. The van der Waals surface area contributed by atoms with Gasteiger partial charge in [-0.3, -0.25) is 9.59 Å². The summed E-state index contributed by atoms with van der Waals surface area (Å²) < 4.78 is 4.82. The van der Waals surface area contributed by atoms with Gasteiger partial charge in [-0.2, -0.15) is 0 Å². The SMILES string of the molecule is O=C(OCCCO)C(Br)C(=O)c1ccccc1. The number of Topliss-reactive ketones (excluding diaryl/α,β-unsaturated/α-hetero) is 1. The van der Waals surface area contributed by atoms with Crippen molar-refractivity contribution in [2.75, 3.05) is 13.2 Å². The maximum absolute atomic E-state index is 11.8. The Balaban J connectivity index is 2.55. The lowest BCUT2D eigenvalue weighted by molar-refractivity contribution is -0.142. The molecule has 0 aliphatic carbocycles. The fourth-order valence-electron chi connectivity index (χ4n) is 1.17. The molecule has 1 rings (SSSR count). The number of halogens is 1. The molecular formula is C12H13BrO4. The number of rotatable bonds is 6. The second-order valence-corrected chi connectivity index (χ2v) is 4.25. The lowest BCUT2D eigenvalue weighted by Crippen LogP contribution is -2.26. The van der Waals surface area contributed by atoms with Crippen LogP contribution in [-0.2, 0) is 9.53 Å². The molecule has 0 fully saturated rings. The van der Waals surface area contributed by atoms with E-state index in [9.17, 15) is 9.59 Å². The van der Waals surface area contributed by atoms with E-state index in [-0.39, 0.29) is 19.0 Å². The second kappa shape index (κ2) is 7.19. The van der Waals surface area contributed by atoms with E-state index in [1.54, 1.807) is 30.3 Å². The molecule has 17 heavy (non-hydrogen) atoms. The van der Waals surface area contributed by atoms with Crippen molar-refractivity contribution in [2.45, 2.75) is 11.2 Å². The first-order valence-electron chi connectivity index (χ1n) is 5.17. The summed E-state index contributed by atoms with van der Waals surface area (Å²) in [6, 6.07) is 8.52.